The first-order valence-corrected chi connectivity index (χ1v) is 6.13. The van der Waals surface area contributed by atoms with Crippen LogP contribution in [0.3, 0.4) is 0 Å². The summed E-state index contributed by atoms with van der Waals surface area (Å²) < 4.78 is 40.2. The number of nitrogens with two attached hydrogens (primary N) is 1. The predicted molar refractivity (Wildman–Crippen MR) is 66.2 cm³/mol. The number of nitrogens with zero attached hydrogens (tertiary/aromatic N) is 3. The third-order valence-electron chi connectivity index (χ3n) is 2.08. The third-order valence-corrected chi connectivity index (χ3v) is 3.08. The first-order chi connectivity index (χ1) is 8.29. The van der Waals surface area contributed by atoms with Gasteiger partial charge in [-0.1, -0.05) is 15.9 Å². The van der Waals surface area contributed by atoms with Crippen molar-refractivity contribution in [2.75, 3.05) is 5.73 Å². The maximum atomic E-state index is 12.9. The van der Waals surface area contributed by atoms with Crippen LogP contribution >= 0.6 is 31.9 Å². The maximum absolute atomic E-state index is 12.9. The number of rotatable bonds is 1. The van der Waals surface area contributed by atoms with Crippen molar-refractivity contribution in [3.8, 4) is 5.69 Å². The van der Waals surface area contributed by atoms with Crippen LogP contribution in [0, 0.1) is 0 Å². The average molecular weight is 386 g/mol. The van der Waals surface area contributed by atoms with Crippen molar-refractivity contribution in [1.29, 1.82) is 0 Å². The molecule has 0 radical (unpaired) electrons. The fourth-order valence-electron chi connectivity index (χ4n) is 1.38. The Balaban J connectivity index is 2.68. The van der Waals surface area contributed by atoms with Gasteiger partial charge in [0, 0.05) is 4.47 Å². The van der Waals surface area contributed by atoms with E-state index in [1.807, 2.05) is 0 Å². The lowest BCUT2D eigenvalue weighted by atomic mass is 10.2. The first kappa shape index (κ1) is 13.3. The quantitative estimate of drug-likeness (QED) is 0.818. The van der Waals surface area contributed by atoms with Gasteiger partial charge in [-0.25, -0.2) is 4.68 Å². The summed E-state index contributed by atoms with van der Waals surface area (Å²) in [6.45, 7) is 0. The minimum atomic E-state index is -4.50. The van der Waals surface area contributed by atoms with Crippen molar-refractivity contribution < 1.29 is 13.2 Å². The maximum Gasteiger partial charge on any atom is 0.418 e. The summed E-state index contributed by atoms with van der Waals surface area (Å²) in [5.74, 6) is -0.113. The molecular weight excluding hydrogens is 381 g/mol. The molecule has 1 aromatic carbocycles. The number of benzene rings is 1. The SMILES string of the molecule is Nc1nc(Br)n(-c2ccc(Br)cc2C(F)(F)F)n1. The minimum Gasteiger partial charge on any atom is -0.366 e. The molecule has 0 bridgehead atoms. The van der Waals surface area contributed by atoms with Crippen LogP contribution in [0.25, 0.3) is 5.69 Å². The molecule has 0 saturated heterocycles. The lowest BCUT2D eigenvalue weighted by Gasteiger charge is -2.13. The van der Waals surface area contributed by atoms with Crippen LogP contribution in [0.15, 0.2) is 27.4 Å². The summed E-state index contributed by atoms with van der Waals surface area (Å²) in [5.41, 5.74) is 4.36. The van der Waals surface area contributed by atoms with E-state index in [4.69, 9.17) is 5.73 Å². The molecule has 96 valence electrons. The van der Waals surface area contributed by atoms with Crippen LogP contribution in [0.5, 0.6) is 0 Å². The number of halogens is 5. The molecule has 18 heavy (non-hydrogen) atoms. The highest BCUT2D eigenvalue weighted by Crippen LogP contribution is 2.36. The Bertz CT molecular complexity index is 594. The molecule has 0 aliphatic rings. The predicted octanol–water partition coefficient (Wildman–Crippen LogP) is 3.39. The standard InChI is InChI=1S/C9H5Br2F3N4/c10-4-1-2-6(5(3-4)9(12,13)14)18-7(11)16-8(15)17-18/h1-3H,(H2,15,17). The minimum absolute atomic E-state index is 0.104. The lowest BCUT2D eigenvalue weighted by Crippen LogP contribution is -2.12. The molecule has 0 spiro atoms. The van der Waals surface area contributed by atoms with Crippen LogP contribution in [0.1, 0.15) is 5.56 Å². The van der Waals surface area contributed by atoms with Gasteiger partial charge in [-0.15, -0.1) is 5.10 Å². The van der Waals surface area contributed by atoms with E-state index in [-0.39, 0.29) is 16.4 Å². The van der Waals surface area contributed by atoms with Crippen LogP contribution in [0.4, 0.5) is 19.1 Å². The molecule has 2 rings (SSSR count). The fourth-order valence-corrected chi connectivity index (χ4v) is 2.19. The van der Waals surface area contributed by atoms with Crippen molar-refractivity contribution >= 4 is 37.8 Å². The summed E-state index contributed by atoms with van der Waals surface area (Å²) in [5, 5.41) is 3.71. The van der Waals surface area contributed by atoms with Gasteiger partial charge in [0.15, 0.2) is 0 Å². The molecule has 0 fully saturated rings. The topological polar surface area (TPSA) is 56.7 Å². The van der Waals surface area contributed by atoms with Crippen LogP contribution in [-0.2, 0) is 6.18 Å². The number of aromatic nitrogens is 3. The number of alkyl halides is 3. The Hall–Kier alpha value is -1.09. The molecule has 0 aliphatic heterocycles. The summed E-state index contributed by atoms with van der Waals surface area (Å²) in [6.07, 6.45) is -4.50. The molecule has 2 aromatic rings. The van der Waals surface area contributed by atoms with Crippen molar-refractivity contribution in [2.45, 2.75) is 6.18 Å². The summed E-state index contributed by atoms with van der Waals surface area (Å²) >= 11 is 6.01. The highest BCUT2D eigenvalue weighted by atomic mass is 79.9. The fraction of sp³-hybridized carbons (Fsp3) is 0.111. The smallest absolute Gasteiger partial charge is 0.366 e. The molecule has 0 saturated carbocycles. The Morgan fingerprint density at radius 2 is 1.89 bits per heavy atom. The Labute approximate surface area is 116 Å². The van der Waals surface area contributed by atoms with Gasteiger partial charge in [0.05, 0.1) is 11.3 Å². The van der Waals surface area contributed by atoms with Crippen LogP contribution in [-0.4, -0.2) is 14.8 Å². The molecule has 2 N–H and O–H groups in total. The molecule has 0 unspecified atom stereocenters. The summed E-state index contributed by atoms with van der Waals surface area (Å²) in [6, 6.07) is 3.74. The third kappa shape index (κ3) is 2.51. The molecule has 1 aromatic heterocycles. The van der Waals surface area contributed by atoms with Gasteiger partial charge in [0.1, 0.15) is 0 Å². The second-order valence-electron chi connectivity index (χ2n) is 3.31. The molecule has 0 atom stereocenters. The summed E-state index contributed by atoms with van der Waals surface area (Å²) in [4.78, 5) is 3.70. The zero-order chi connectivity index (χ0) is 13.5. The number of hydrogen-bond donors (Lipinski definition) is 1. The molecule has 9 heteroatoms. The van der Waals surface area contributed by atoms with Crippen molar-refractivity contribution in [1.82, 2.24) is 14.8 Å². The second kappa shape index (κ2) is 4.54. The normalized spacial score (nSPS) is 11.8. The van der Waals surface area contributed by atoms with Crippen molar-refractivity contribution in [3.63, 3.8) is 0 Å². The largest absolute Gasteiger partial charge is 0.418 e. The van der Waals surface area contributed by atoms with Gasteiger partial charge in [0.2, 0.25) is 10.7 Å². The first-order valence-electron chi connectivity index (χ1n) is 4.54. The zero-order valence-electron chi connectivity index (χ0n) is 8.54. The van der Waals surface area contributed by atoms with Crippen molar-refractivity contribution in [2.24, 2.45) is 0 Å². The van der Waals surface area contributed by atoms with Gasteiger partial charge < -0.3 is 5.73 Å². The lowest BCUT2D eigenvalue weighted by molar-refractivity contribution is -0.137. The van der Waals surface area contributed by atoms with Crippen molar-refractivity contribution in [3.05, 3.63) is 33.0 Å². The van der Waals surface area contributed by atoms with E-state index in [1.54, 1.807) is 0 Å². The van der Waals surface area contributed by atoms with E-state index in [2.05, 4.69) is 41.9 Å². The highest BCUT2D eigenvalue weighted by molar-refractivity contribution is 9.10. The van der Waals surface area contributed by atoms with Crippen LogP contribution < -0.4 is 5.73 Å². The van der Waals surface area contributed by atoms with E-state index >= 15 is 0 Å². The Morgan fingerprint density at radius 3 is 2.39 bits per heavy atom. The van der Waals surface area contributed by atoms with Gasteiger partial charge >= 0.3 is 6.18 Å². The monoisotopic (exact) mass is 384 g/mol. The second-order valence-corrected chi connectivity index (χ2v) is 4.94. The molecule has 4 nitrogen and oxygen atoms in total. The molecule has 0 amide bonds. The molecule has 1 heterocycles. The van der Waals surface area contributed by atoms with E-state index in [1.165, 1.54) is 12.1 Å². The van der Waals surface area contributed by atoms with E-state index in [9.17, 15) is 13.2 Å². The van der Waals surface area contributed by atoms with Gasteiger partial charge in [-0.2, -0.15) is 18.2 Å². The van der Waals surface area contributed by atoms with Gasteiger partial charge in [-0.05, 0) is 34.1 Å². The van der Waals surface area contributed by atoms with E-state index in [0.29, 0.717) is 4.47 Å². The molecule has 0 aliphatic carbocycles. The average Bonchev–Trinajstić information content (AvgIpc) is 2.56. The molecular formula is C9H5Br2F3N4. The zero-order valence-corrected chi connectivity index (χ0v) is 11.7. The van der Waals surface area contributed by atoms with E-state index in [0.717, 1.165) is 10.7 Å². The van der Waals surface area contributed by atoms with Gasteiger partial charge in [0.25, 0.3) is 0 Å². The van der Waals surface area contributed by atoms with E-state index < -0.39 is 11.7 Å². The number of nitrogen functional groups attached to an aromatic ring is 1. The van der Waals surface area contributed by atoms with Gasteiger partial charge in [-0.3, -0.25) is 0 Å². The number of anilines is 1. The number of hydrogen-bond acceptors (Lipinski definition) is 3. The Morgan fingerprint density at radius 1 is 1.22 bits per heavy atom. The summed E-state index contributed by atoms with van der Waals surface area (Å²) in [7, 11) is 0. The Kier molecular flexibility index (Phi) is 3.37. The highest BCUT2D eigenvalue weighted by Gasteiger charge is 2.35. The van der Waals surface area contributed by atoms with Crippen LogP contribution in [0.2, 0.25) is 0 Å².